The smallest absolute Gasteiger partial charge is 0.282 e. The number of nitrogens with zero attached hydrogens (tertiary/aromatic N) is 2. The maximum Gasteiger partial charge on any atom is 0.282 e. The number of anilines is 2. The van der Waals surface area contributed by atoms with E-state index in [4.69, 9.17) is 10.00 Å². The predicted molar refractivity (Wildman–Crippen MR) is 123 cm³/mol. The summed E-state index contributed by atoms with van der Waals surface area (Å²) < 4.78 is 5.22. The van der Waals surface area contributed by atoms with Gasteiger partial charge >= 0.3 is 0 Å². The molecule has 0 unspecified atom stereocenters. The molecule has 3 aromatic rings. The summed E-state index contributed by atoms with van der Waals surface area (Å²) in [4.78, 5) is 28.1. The number of aryl methyl sites for hydroxylation is 2. The zero-order chi connectivity index (χ0) is 22.8. The highest BCUT2D eigenvalue weighted by Gasteiger charge is 2.40. The first-order valence-corrected chi connectivity index (χ1v) is 10.0. The summed E-state index contributed by atoms with van der Waals surface area (Å²) in [5.74, 6) is -0.235. The molecule has 0 radical (unpaired) electrons. The van der Waals surface area contributed by atoms with Crippen molar-refractivity contribution >= 4 is 28.8 Å². The van der Waals surface area contributed by atoms with E-state index < -0.39 is 11.8 Å². The first kappa shape index (κ1) is 20.9. The zero-order valence-corrected chi connectivity index (χ0v) is 18.0. The second-order valence-electron chi connectivity index (χ2n) is 7.53. The fraction of sp³-hybridized carbons (Fsp3) is 0.115. The number of imide groups is 1. The minimum Gasteiger partial charge on any atom is -0.497 e. The van der Waals surface area contributed by atoms with Crippen molar-refractivity contribution in [2.24, 2.45) is 0 Å². The van der Waals surface area contributed by atoms with Gasteiger partial charge in [-0.1, -0.05) is 29.8 Å². The van der Waals surface area contributed by atoms with Crippen LogP contribution in [0.3, 0.4) is 0 Å². The van der Waals surface area contributed by atoms with Gasteiger partial charge in [-0.2, -0.15) is 5.26 Å². The summed E-state index contributed by atoms with van der Waals surface area (Å²) in [6, 6.07) is 21.3. The number of benzene rings is 3. The number of methoxy groups -OCH3 is 1. The van der Waals surface area contributed by atoms with Gasteiger partial charge in [0.2, 0.25) is 0 Å². The molecule has 0 bridgehead atoms. The van der Waals surface area contributed by atoms with E-state index in [1.54, 1.807) is 55.6 Å². The SMILES string of the molecule is COc1ccc(C2=C(Nc3ccc(C)cc3C)C(=O)N(c3ccc(C#N)cc3)C2=O)cc1. The van der Waals surface area contributed by atoms with E-state index in [1.165, 1.54) is 0 Å². The number of carbonyl (C=O) groups excluding carboxylic acids is 2. The van der Waals surface area contributed by atoms with E-state index in [9.17, 15) is 9.59 Å². The lowest BCUT2D eigenvalue weighted by Crippen LogP contribution is -2.32. The van der Waals surface area contributed by atoms with Crippen LogP contribution < -0.4 is 15.0 Å². The van der Waals surface area contributed by atoms with Gasteiger partial charge in [0, 0.05) is 5.69 Å². The number of carbonyl (C=O) groups is 2. The molecule has 4 rings (SSSR count). The standard InChI is InChI=1S/C26H21N3O3/c1-16-4-13-22(17(2)14-16)28-24-23(19-7-11-21(32-3)12-8-19)25(30)29(26(24)31)20-9-5-18(15-27)6-10-20/h4-14,28H,1-3H3. The van der Waals surface area contributed by atoms with Crippen LogP contribution in [0.4, 0.5) is 11.4 Å². The molecule has 0 aliphatic carbocycles. The second-order valence-corrected chi connectivity index (χ2v) is 7.53. The molecule has 0 spiro atoms. The van der Waals surface area contributed by atoms with Gasteiger partial charge in [0.05, 0.1) is 30.0 Å². The Bertz CT molecular complexity index is 1280. The van der Waals surface area contributed by atoms with E-state index in [-0.39, 0.29) is 11.3 Å². The predicted octanol–water partition coefficient (Wildman–Crippen LogP) is 4.58. The van der Waals surface area contributed by atoms with Crippen LogP contribution in [-0.4, -0.2) is 18.9 Å². The van der Waals surface area contributed by atoms with Crippen molar-refractivity contribution in [1.82, 2.24) is 0 Å². The fourth-order valence-electron chi connectivity index (χ4n) is 3.68. The van der Waals surface area contributed by atoms with Gasteiger partial charge in [-0.15, -0.1) is 0 Å². The Morgan fingerprint density at radius 2 is 1.59 bits per heavy atom. The van der Waals surface area contributed by atoms with Crippen molar-refractivity contribution < 1.29 is 14.3 Å². The van der Waals surface area contributed by atoms with Gasteiger partial charge < -0.3 is 10.1 Å². The van der Waals surface area contributed by atoms with Crippen LogP contribution in [0.25, 0.3) is 5.57 Å². The Morgan fingerprint density at radius 3 is 2.19 bits per heavy atom. The monoisotopic (exact) mass is 423 g/mol. The van der Waals surface area contributed by atoms with Gasteiger partial charge in [0.1, 0.15) is 11.4 Å². The molecular weight excluding hydrogens is 402 g/mol. The molecule has 1 heterocycles. The highest BCUT2D eigenvalue weighted by Crippen LogP contribution is 2.35. The minimum atomic E-state index is -0.453. The fourth-order valence-corrected chi connectivity index (χ4v) is 3.68. The van der Waals surface area contributed by atoms with Crippen molar-refractivity contribution in [2.45, 2.75) is 13.8 Å². The van der Waals surface area contributed by atoms with E-state index in [2.05, 4.69) is 5.32 Å². The Balaban J connectivity index is 1.81. The molecule has 0 saturated carbocycles. The summed E-state index contributed by atoms with van der Waals surface area (Å²) in [5.41, 5.74) is 4.76. The van der Waals surface area contributed by atoms with Gasteiger partial charge in [-0.05, 0) is 67.4 Å². The maximum atomic E-state index is 13.5. The van der Waals surface area contributed by atoms with E-state index in [0.717, 1.165) is 21.7 Å². The van der Waals surface area contributed by atoms with Crippen molar-refractivity contribution in [3.05, 3.63) is 94.7 Å². The molecular formula is C26H21N3O3. The van der Waals surface area contributed by atoms with Gasteiger partial charge in [-0.25, -0.2) is 4.90 Å². The molecule has 32 heavy (non-hydrogen) atoms. The number of nitrogens with one attached hydrogen (secondary N) is 1. The first-order valence-electron chi connectivity index (χ1n) is 10.0. The molecule has 6 nitrogen and oxygen atoms in total. The van der Waals surface area contributed by atoms with Crippen molar-refractivity contribution in [1.29, 1.82) is 5.26 Å². The van der Waals surface area contributed by atoms with Crippen LogP contribution in [0.1, 0.15) is 22.3 Å². The molecule has 0 atom stereocenters. The van der Waals surface area contributed by atoms with Crippen LogP contribution in [0.2, 0.25) is 0 Å². The van der Waals surface area contributed by atoms with Crippen molar-refractivity contribution in [3.63, 3.8) is 0 Å². The van der Waals surface area contributed by atoms with Crippen LogP contribution in [0.5, 0.6) is 5.75 Å². The molecule has 158 valence electrons. The summed E-state index contributed by atoms with van der Waals surface area (Å²) >= 11 is 0. The van der Waals surface area contributed by atoms with Gasteiger partial charge in [0.25, 0.3) is 11.8 Å². The quantitative estimate of drug-likeness (QED) is 0.608. The topological polar surface area (TPSA) is 82.4 Å². The average molecular weight is 423 g/mol. The van der Waals surface area contributed by atoms with E-state index in [0.29, 0.717) is 22.6 Å². The largest absolute Gasteiger partial charge is 0.497 e. The normalized spacial score (nSPS) is 13.4. The lowest BCUT2D eigenvalue weighted by molar-refractivity contribution is -0.120. The second kappa shape index (κ2) is 8.40. The highest BCUT2D eigenvalue weighted by atomic mass is 16.5. The third-order valence-corrected chi connectivity index (χ3v) is 5.36. The number of amides is 2. The number of rotatable bonds is 5. The molecule has 0 aromatic heterocycles. The molecule has 3 aromatic carbocycles. The van der Waals surface area contributed by atoms with E-state index in [1.807, 2.05) is 38.1 Å². The van der Waals surface area contributed by atoms with Crippen LogP contribution in [0.15, 0.2) is 72.4 Å². The first-order chi connectivity index (χ1) is 15.4. The Hall–Kier alpha value is -4.37. The van der Waals surface area contributed by atoms with Gasteiger partial charge in [0.15, 0.2) is 0 Å². The molecule has 1 aliphatic heterocycles. The Labute approximate surface area is 186 Å². The van der Waals surface area contributed by atoms with Crippen molar-refractivity contribution in [2.75, 3.05) is 17.3 Å². The van der Waals surface area contributed by atoms with Crippen LogP contribution >= 0.6 is 0 Å². The summed E-state index contributed by atoms with van der Waals surface area (Å²) in [6.07, 6.45) is 0. The molecule has 1 N–H and O–H groups in total. The maximum absolute atomic E-state index is 13.5. The van der Waals surface area contributed by atoms with Crippen LogP contribution in [-0.2, 0) is 9.59 Å². The Morgan fingerprint density at radius 1 is 0.906 bits per heavy atom. The van der Waals surface area contributed by atoms with Gasteiger partial charge in [-0.3, -0.25) is 9.59 Å². The average Bonchev–Trinajstić information content (AvgIpc) is 3.05. The molecule has 0 fully saturated rings. The number of hydrogen-bond donors (Lipinski definition) is 1. The molecule has 1 aliphatic rings. The highest BCUT2D eigenvalue weighted by molar-refractivity contribution is 6.46. The summed E-state index contributed by atoms with van der Waals surface area (Å²) in [5, 5.41) is 12.3. The summed E-state index contributed by atoms with van der Waals surface area (Å²) in [6.45, 7) is 3.94. The number of nitriles is 1. The molecule has 6 heteroatoms. The third kappa shape index (κ3) is 3.72. The van der Waals surface area contributed by atoms with Crippen LogP contribution in [0, 0.1) is 25.2 Å². The number of hydrogen-bond acceptors (Lipinski definition) is 5. The third-order valence-electron chi connectivity index (χ3n) is 5.36. The minimum absolute atomic E-state index is 0.205. The Kier molecular flexibility index (Phi) is 5.48. The molecule has 0 saturated heterocycles. The summed E-state index contributed by atoms with van der Waals surface area (Å²) in [7, 11) is 1.57. The van der Waals surface area contributed by atoms with E-state index >= 15 is 0 Å². The lowest BCUT2D eigenvalue weighted by Gasteiger charge is -2.16. The lowest BCUT2D eigenvalue weighted by atomic mass is 10.0. The van der Waals surface area contributed by atoms with Crippen molar-refractivity contribution in [3.8, 4) is 11.8 Å². The molecule has 2 amide bonds. The number of ether oxygens (including phenoxy) is 1. The zero-order valence-electron chi connectivity index (χ0n) is 18.0.